The molecule has 0 fully saturated rings. The minimum atomic E-state index is -0.644. The van der Waals surface area contributed by atoms with Crippen molar-refractivity contribution in [2.45, 2.75) is 46.5 Å². The van der Waals surface area contributed by atoms with E-state index in [1.165, 1.54) is 33.3 Å². The summed E-state index contributed by atoms with van der Waals surface area (Å²) in [6.45, 7) is 10.5. The summed E-state index contributed by atoms with van der Waals surface area (Å²) >= 11 is 0. The van der Waals surface area contributed by atoms with E-state index in [1.807, 2.05) is 19.9 Å². The van der Waals surface area contributed by atoms with E-state index in [-0.39, 0.29) is 12.6 Å². The quantitative estimate of drug-likeness (QED) is 0.592. The third kappa shape index (κ3) is 3.69. The Morgan fingerprint density at radius 3 is 2.39 bits per heavy atom. The van der Waals surface area contributed by atoms with Crippen LogP contribution in [0.2, 0.25) is 0 Å². The second-order valence-electron chi connectivity index (χ2n) is 8.03. The van der Waals surface area contributed by atoms with Crippen LogP contribution in [0.1, 0.15) is 43.0 Å². The fourth-order valence-electron chi connectivity index (χ4n) is 3.86. The summed E-state index contributed by atoms with van der Waals surface area (Å²) in [4.78, 5) is 16.2. The number of nitrogens with one attached hydrogen (secondary N) is 2. The number of rotatable bonds is 6. The van der Waals surface area contributed by atoms with Crippen LogP contribution in [0.15, 0.2) is 36.4 Å². The molecule has 0 spiro atoms. The molecule has 0 aliphatic heterocycles. The number of methoxy groups -OCH3 is 1. The minimum Gasteiger partial charge on any atom is -0.364 e. The van der Waals surface area contributed by atoms with E-state index in [4.69, 9.17) is 4.74 Å². The highest BCUT2D eigenvalue weighted by atomic mass is 16.5. The lowest BCUT2D eigenvalue weighted by Gasteiger charge is -2.24. The van der Waals surface area contributed by atoms with Crippen LogP contribution in [0.4, 0.5) is 0 Å². The smallest absolute Gasteiger partial charge is 0.231 e. The van der Waals surface area contributed by atoms with E-state index in [1.54, 1.807) is 7.11 Å². The van der Waals surface area contributed by atoms with E-state index in [9.17, 15) is 4.79 Å². The normalized spacial score (nSPS) is 11.8. The summed E-state index contributed by atoms with van der Waals surface area (Å²) in [6.07, 6.45) is 0.919. The van der Waals surface area contributed by atoms with Crippen molar-refractivity contribution in [3.05, 3.63) is 58.7 Å². The van der Waals surface area contributed by atoms with Crippen molar-refractivity contribution in [1.29, 1.82) is 0 Å². The molecular weight excluding hydrogens is 348 g/mol. The molecular formula is C24H30N2O2. The summed E-state index contributed by atoms with van der Waals surface area (Å²) < 4.78 is 4.98. The van der Waals surface area contributed by atoms with E-state index in [0.717, 1.165) is 17.5 Å². The number of aromatic nitrogens is 1. The maximum absolute atomic E-state index is 12.6. The SMILES string of the molecule is CCc1c(-c2cc(C)cc(C)c2)[nH]c2ccc(C(C)(C)C(=O)NCOC)cc12. The first kappa shape index (κ1) is 20.2. The molecule has 0 unspecified atom stereocenters. The monoisotopic (exact) mass is 378 g/mol. The molecule has 0 aliphatic rings. The van der Waals surface area contributed by atoms with Gasteiger partial charge in [-0.1, -0.05) is 30.2 Å². The van der Waals surface area contributed by atoms with E-state index in [2.05, 4.69) is 61.4 Å². The van der Waals surface area contributed by atoms with Crippen molar-refractivity contribution in [2.75, 3.05) is 13.8 Å². The van der Waals surface area contributed by atoms with E-state index < -0.39 is 5.41 Å². The van der Waals surface area contributed by atoms with Crippen LogP contribution in [0, 0.1) is 13.8 Å². The Bertz CT molecular complexity index is 995. The molecule has 0 bridgehead atoms. The number of carbonyl (C=O) groups excluding carboxylic acids is 1. The molecule has 2 aromatic carbocycles. The standard InChI is InChI=1S/C24H30N2O2/c1-7-19-20-13-18(24(4,5)23(27)25-14-28-6)8-9-21(20)26-22(19)17-11-15(2)10-16(3)12-17/h8-13,26H,7,14H2,1-6H3,(H,25,27). The topological polar surface area (TPSA) is 54.1 Å². The number of hydrogen-bond donors (Lipinski definition) is 2. The molecule has 0 saturated carbocycles. The minimum absolute atomic E-state index is 0.0446. The maximum Gasteiger partial charge on any atom is 0.231 e. The lowest BCUT2D eigenvalue weighted by atomic mass is 9.83. The zero-order valence-corrected chi connectivity index (χ0v) is 17.7. The van der Waals surface area contributed by atoms with Gasteiger partial charge in [0.1, 0.15) is 6.73 Å². The Kier molecular flexibility index (Phi) is 5.61. The highest BCUT2D eigenvalue weighted by molar-refractivity contribution is 5.94. The average Bonchev–Trinajstić information content (AvgIpc) is 3.03. The van der Waals surface area contributed by atoms with Crippen molar-refractivity contribution >= 4 is 16.8 Å². The van der Waals surface area contributed by atoms with Crippen LogP contribution in [0.25, 0.3) is 22.2 Å². The van der Waals surface area contributed by atoms with Crippen molar-refractivity contribution in [1.82, 2.24) is 10.3 Å². The predicted molar refractivity (Wildman–Crippen MR) is 116 cm³/mol. The molecule has 3 aromatic rings. The highest BCUT2D eigenvalue weighted by Gasteiger charge is 2.30. The molecule has 2 N–H and O–H groups in total. The first-order valence-corrected chi connectivity index (χ1v) is 9.79. The number of amides is 1. The largest absolute Gasteiger partial charge is 0.364 e. The van der Waals surface area contributed by atoms with Gasteiger partial charge in [0.2, 0.25) is 5.91 Å². The molecule has 0 aliphatic carbocycles. The molecule has 1 heterocycles. The van der Waals surface area contributed by atoms with Gasteiger partial charge in [0.15, 0.2) is 0 Å². The Morgan fingerprint density at radius 1 is 1.11 bits per heavy atom. The molecule has 1 amide bonds. The summed E-state index contributed by atoms with van der Waals surface area (Å²) in [6, 6.07) is 12.9. The van der Waals surface area contributed by atoms with Gasteiger partial charge in [-0.25, -0.2) is 0 Å². The molecule has 0 saturated heterocycles. The molecule has 4 heteroatoms. The zero-order valence-electron chi connectivity index (χ0n) is 17.7. The number of H-pyrrole nitrogens is 1. The van der Waals surface area contributed by atoms with Gasteiger partial charge in [-0.2, -0.15) is 0 Å². The molecule has 28 heavy (non-hydrogen) atoms. The molecule has 0 radical (unpaired) electrons. The van der Waals surface area contributed by atoms with Gasteiger partial charge in [-0.3, -0.25) is 4.79 Å². The van der Waals surface area contributed by atoms with Gasteiger partial charge < -0.3 is 15.0 Å². The second-order valence-corrected chi connectivity index (χ2v) is 8.03. The van der Waals surface area contributed by atoms with Gasteiger partial charge in [-0.05, 0) is 75.1 Å². The number of aryl methyl sites for hydroxylation is 3. The van der Waals surface area contributed by atoms with Crippen LogP contribution < -0.4 is 5.32 Å². The van der Waals surface area contributed by atoms with E-state index in [0.29, 0.717) is 0 Å². The number of hydrogen-bond acceptors (Lipinski definition) is 2. The Morgan fingerprint density at radius 2 is 1.79 bits per heavy atom. The van der Waals surface area contributed by atoms with Gasteiger partial charge in [-0.15, -0.1) is 0 Å². The lowest BCUT2D eigenvalue weighted by molar-refractivity contribution is -0.127. The predicted octanol–water partition coefficient (Wildman–Crippen LogP) is 5.01. The molecule has 3 rings (SSSR count). The average molecular weight is 379 g/mol. The van der Waals surface area contributed by atoms with Gasteiger partial charge in [0, 0.05) is 23.7 Å². The summed E-state index contributed by atoms with van der Waals surface area (Å²) in [5.41, 5.74) is 7.63. The highest BCUT2D eigenvalue weighted by Crippen LogP contribution is 2.35. The van der Waals surface area contributed by atoms with Crippen LogP contribution in [-0.4, -0.2) is 24.7 Å². The molecule has 0 atom stereocenters. The zero-order chi connectivity index (χ0) is 20.5. The fraction of sp³-hybridized carbons (Fsp3) is 0.375. The number of ether oxygens (including phenoxy) is 1. The third-order valence-corrected chi connectivity index (χ3v) is 5.44. The Labute approximate surface area is 167 Å². The first-order valence-electron chi connectivity index (χ1n) is 9.79. The van der Waals surface area contributed by atoms with Gasteiger partial charge in [0.25, 0.3) is 0 Å². The summed E-state index contributed by atoms with van der Waals surface area (Å²) in [5, 5.41) is 4.00. The van der Waals surface area contributed by atoms with Gasteiger partial charge >= 0.3 is 0 Å². The third-order valence-electron chi connectivity index (χ3n) is 5.44. The molecule has 148 valence electrons. The van der Waals surface area contributed by atoms with Crippen LogP contribution in [0.3, 0.4) is 0 Å². The maximum atomic E-state index is 12.6. The second kappa shape index (κ2) is 7.80. The lowest BCUT2D eigenvalue weighted by Crippen LogP contribution is -2.40. The Balaban J connectivity index is 2.11. The fourth-order valence-corrected chi connectivity index (χ4v) is 3.86. The first-order chi connectivity index (χ1) is 13.3. The number of benzene rings is 2. The summed E-state index contributed by atoms with van der Waals surface area (Å²) in [5.74, 6) is -0.0446. The van der Waals surface area contributed by atoms with Crippen molar-refractivity contribution in [2.24, 2.45) is 0 Å². The van der Waals surface area contributed by atoms with Crippen LogP contribution in [-0.2, 0) is 21.4 Å². The number of fused-ring (bicyclic) bond motifs is 1. The summed E-state index contributed by atoms with van der Waals surface area (Å²) in [7, 11) is 1.57. The number of carbonyl (C=O) groups is 1. The Hall–Kier alpha value is -2.59. The van der Waals surface area contributed by atoms with Gasteiger partial charge in [0.05, 0.1) is 5.41 Å². The molecule has 4 nitrogen and oxygen atoms in total. The van der Waals surface area contributed by atoms with Crippen molar-refractivity contribution in [3.8, 4) is 11.3 Å². The number of aromatic amines is 1. The van der Waals surface area contributed by atoms with Crippen LogP contribution in [0.5, 0.6) is 0 Å². The van der Waals surface area contributed by atoms with Crippen molar-refractivity contribution in [3.63, 3.8) is 0 Å². The van der Waals surface area contributed by atoms with Crippen molar-refractivity contribution < 1.29 is 9.53 Å². The van der Waals surface area contributed by atoms with E-state index >= 15 is 0 Å². The molecule has 1 aromatic heterocycles. The van der Waals surface area contributed by atoms with Crippen LogP contribution >= 0.6 is 0 Å².